The van der Waals surface area contributed by atoms with Gasteiger partial charge in [0.2, 0.25) is 0 Å². The number of nitrogens with zero attached hydrogens (tertiary/aromatic N) is 2. The smallest absolute Gasteiger partial charge is 0.194 e. The number of aldehydes is 1. The zero-order valence-corrected chi connectivity index (χ0v) is 7.68. The van der Waals surface area contributed by atoms with E-state index in [1.165, 1.54) is 4.88 Å². The lowest BCUT2D eigenvalue weighted by molar-refractivity contribution is 0.111. The topological polar surface area (TPSA) is 34.4 Å². The minimum atomic E-state index is 0.661. The second-order valence-electron chi connectivity index (χ2n) is 2.69. The fourth-order valence-electron chi connectivity index (χ4n) is 1.22. The summed E-state index contributed by atoms with van der Waals surface area (Å²) in [6.07, 6.45) is 2.78. The Bertz CT molecular complexity index is 441. The van der Waals surface area contributed by atoms with Crippen LogP contribution in [0, 0.1) is 13.8 Å². The summed E-state index contributed by atoms with van der Waals surface area (Å²) >= 11 is 1.60. The monoisotopic (exact) mass is 180 g/mol. The fourth-order valence-corrected chi connectivity index (χ4v) is 2.10. The Morgan fingerprint density at radius 2 is 2.33 bits per heavy atom. The van der Waals surface area contributed by atoms with Crippen LogP contribution in [0.15, 0.2) is 6.20 Å². The maximum atomic E-state index is 10.7. The van der Waals surface area contributed by atoms with Crippen LogP contribution in [0.1, 0.15) is 21.1 Å². The van der Waals surface area contributed by atoms with Gasteiger partial charge in [0.15, 0.2) is 11.2 Å². The van der Waals surface area contributed by atoms with E-state index in [-0.39, 0.29) is 0 Å². The second-order valence-corrected chi connectivity index (χ2v) is 3.91. The molecule has 0 bridgehead atoms. The molecule has 62 valence electrons. The Morgan fingerprint density at radius 1 is 1.58 bits per heavy atom. The molecular formula is C8H8N2OS. The second kappa shape index (κ2) is 2.42. The van der Waals surface area contributed by atoms with Crippen LogP contribution in [0.3, 0.4) is 0 Å². The van der Waals surface area contributed by atoms with Crippen LogP contribution in [0.4, 0.5) is 0 Å². The van der Waals surface area contributed by atoms with Gasteiger partial charge in [0.05, 0.1) is 5.69 Å². The van der Waals surface area contributed by atoms with Gasteiger partial charge in [-0.05, 0) is 13.8 Å². The van der Waals surface area contributed by atoms with Crippen molar-refractivity contribution < 1.29 is 4.79 Å². The summed E-state index contributed by atoms with van der Waals surface area (Å²) < 4.78 is 1.84. The molecule has 4 heteroatoms. The summed E-state index contributed by atoms with van der Waals surface area (Å²) in [5, 5.41) is 0. The number of hydrogen-bond acceptors (Lipinski definition) is 3. The number of aromatic nitrogens is 2. The van der Waals surface area contributed by atoms with Gasteiger partial charge in [-0.15, -0.1) is 11.3 Å². The first-order valence-corrected chi connectivity index (χ1v) is 4.44. The van der Waals surface area contributed by atoms with Gasteiger partial charge in [-0.3, -0.25) is 9.20 Å². The summed E-state index contributed by atoms with van der Waals surface area (Å²) in [5.41, 5.74) is 1.46. The average molecular weight is 180 g/mol. The van der Waals surface area contributed by atoms with Crippen LogP contribution < -0.4 is 0 Å². The predicted molar refractivity (Wildman–Crippen MR) is 47.9 cm³/mol. The SMILES string of the molecule is Cc1cn2c(C=O)c(C)nc2s1. The Balaban J connectivity index is 2.86. The largest absolute Gasteiger partial charge is 0.296 e. The fraction of sp³-hybridized carbons (Fsp3) is 0.250. The summed E-state index contributed by atoms with van der Waals surface area (Å²) in [7, 11) is 0. The molecule has 0 radical (unpaired) electrons. The van der Waals surface area contributed by atoms with E-state index < -0.39 is 0 Å². The van der Waals surface area contributed by atoms with Crippen LogP contribution in [-0.4, -0.2) is 15.7 Å². The van der Waals surface area contributed by atoms with Gasteiger partial charge in [0.1, 0.15) is 5.69 Å². The van der Waals surface area contributed by atoms with Crippen molar-refractivity contribution in [2.45, 2.75) is 13.8 Å². The molecule has 3 nitrogen and oxygen atoms in total. The van der Waals surface area contributed by atoms with Crippen molar-refractivity contribution in [3.63, 3.8) is 0 Å². The molecule has 2 heterocycles. The molecule has 0 aliphatic rings. The van der Waals surface area contributed by atoms with E-state index in [9.17, 15) is 4.79 Å². The maximum Gasteiger partial charge on any atom is 0.194 e. The molecule has 0 saturated carbocycles. The lowest BCUT2D eigenvalue weighted by atomic mass is 10.4. The molecule has 0 unspecified atom stereocenters. The van der Waals surface area contributed by atoms with Crippen molar-refractivity contribution >= 4 is 22.6 Å². The molecule has 2 aromatic rings. The highest BCUT2D eigenvalue weighted by Crippen LogP contribution is 2.19. The molecule has 0 aliphatic heterocycles. The van der Waals surface area contributed by atoms with Gasteiger partial charge in [-0.1, -0.05) is 0 Å². The van der Waals surface area contributed by atoms with Crippen molar-refractivity contribution in [3.8, 4) is 0 Å². The zero-order valence-electron chi connectivity index (χ0n) is 6.87. The van der Waals surface area contributed by atoms with E-state index in [4.69, 9.17) is 0 Å². The molecule has 0 saturated heterocycles. The van der Waals surface area contributed by atoms with E-state index in [0.29, 0.717) is 5.69 Å². The number of imidazole rings is 1. The first-order valence-electron chi connectivity index (χ1n) is 3.62. The number of fused-ring (bicyclic) bond motifs is 1. The zero-order chi connectivity index (χ0) is 8.72. The summed E-state index contributed by atoms with van der Waals surface area (Å²) in [4.78, 5) is 17.0. The third-order valence-corrected chi connectivity index (χ3v) is 2.67. The van der Waals surface area contributed by atoms with Crippen LogP contribution >= 0.6 is 11.3 Å². The van der Waals surface area contributed by atoms with Crippen LogP contribution in [0.25, 0.3) is 4.96 Å². The molecule has 0 atom stereocenters. The van der Waals surface area contributed by atoms with Gasteiger partial charge in [0.25, 0.3) is 0 Å². The van der Waals surface area contributed by atoms with Crippen molar-refractivity contribution in [1.29, 1.82) is 0 Å². The number of carbonyl (C=O) groups excluding carboxylic acids is 1. The third-order valence-electron chi connectivity index (χ3n) is 1.77. The quantitative estimate of drug-likeness (QED) is 0.627. The number of aryl methyl sites for hydroxylation is 2. The average Bonchev–Trinajstić information content (AvgIpc) is 2.43. The lowest BCUT2D eigenvalue weighted by Crippen LogP contribution is -1.88. The molecule has 0 aromatic carbocycles. The number of hydrogen-bond donors (Lipinski definition) is 0. The number of carbonyl (C=O) groups is 1. The van der Waals surface area contributed by atoms with Gasteiger partial charge >= 0.3 is 0 Å². The van der Waals surface area contributed by atoms with Gasteiger partial charge in [0, 0.05) is 11.1 Å². The molecule has 0 fully saturated rings. The van der Waals surface area contributed by atoms with E-state index in [1.807, 2.05) is 24.4 Å². The van der Waals surface area contributed by atoms with Crippen LogP contribution in [0.2, 0.25) is 0 Å². The van der Waals surface area contributed by atoms with Gasteiger partial charge in [-0.2, -0.15) is 0 Å². The maximum absolute atomic E-state index is 10.7. The number of rotatable bonds is 1. The summed E-state index contributed by atoms with van der Waals surface area (Å²) in [5.74, 6) is 0. The Kier molecular flexibility index (Phi) is 1.51. The van der Waals surface area contributed by atoms with Crippen molar-refractivity contribution in [2.24, 2.45) is 0 Å². The minimum absolute atomic E-state index is 0.661. The molecule has 0 spiro atoms. The van der Waals surface area contributed by atoms with Crippen molar-refractivity contribution in [2.75, 3.05) is 0 Å². The van der Waals surface area contributed by atoms with E-state index in [2.05, 4.69) is 4.98 Å². The van der Waals surface area contributed by atoms with Crippen molar-refractivity contribution in [3.05, 3.63) is 22.5 Å². The third kappa shape index (κ3) is 0.881. The van der Waals surface area contributed by atoms with E-state index in [1.54, 1.807) is 11.3 Å². The highest BCUT2D eigenvalue weighted by Gasteiger charge is 2.08. The molecule has 0 aliphatic carbocycles. The molecule has 0 N–H and O–H groups in total. The first-order chi connectivity index (χ1) is 5.72. The molecule has 2 aromatic heterocycles. The van der Waals surface area contributed by atoms with Crippen molar-refractivity contribution in [1.82, 2.24) is 9.38 Å². The lowest BCUT2D eigenvalue weighted by Gasteiger charge is -1.86. The normalized spacial score (nSPS) is 10.8. The Labute approximate surface area is 73.7 Å². The molecule has 12 heavy (non-hydrogen) atoms. The molecular weight excluding hydrogens is 172 g/mol. The first kappa shape index (κ1) is 7.49. The van der Waals surface area contributed by atoms with Gasteiger partial charge in [-0.25, -0.2) is 4.98 Å². The standard InChI is InChI=1S/C8H8N2OS/c1-5-3-10-7(4-11)6(2)9-8(10)12-5/h3-4H,1-2H3. The Morgan fingerprint density at radius 3 is 3.00 bits per heavy atom. The Hall–Kier alpha value is -1.16. The summed E-state index contributed by atoms with van der Waals surface area (Å²) in [6.45, 7) is 3.85. The number of thiazole rings is 1. The van der Waals surface area contributed by atoms with Gasteiger partial charge < -0.3 is 0 Å². The predicted octanol–water partition coefficient (Wildman–Crippen LogP) is 1.83. The van der Waals surface area contributed by atoms with Crippen LogP contribution in [0.5, 0.6) is 0 Å². The minimum Gasteiger partial charge on any atom is -0.296 e. The van der Waals surface area contributed by atoms with E-state index >= 15 is 0 Å². The van der Waals surface area contributed by atoms with Crippen LogP contribution in [-0.2, 0) is 0 Å². The summed E-state index contributed by atoms with van der Waals surface area (Å²) in [6, 6.07) is 0. The molecule has 0 amide bonds. The van der Waals surface area contributed by atoms with E-state index in [0.717, 1.165) is 16.9 Å². The highest BCUT2D eigenvalue weighted by molar-refractivity contribution is 7.17. The molecule has 2 rings (SSSR count). The highest BCUT2D eigenvalue weighted by atomic mass is 32.1.